The standard InChI is InChI=1S/C32H26N2O4S/c1-34(2)24-18-16-22(17-19-24)28(29-30(35)26-10-6-7-11-27(26)31(29)36)32(23-14-12-21(20-33)13-15-23)39(37,38)25-8-4-3-5-9-25/h3-19,28,32,35H,1-2H3/p-1. The maximum absolute atomic E-state index is 14.4. The predicted octanol–water partition coefficient (Wildman–Crippen LogP) is 4.89. The quantitative estimate of drug-likeness (QED) is 0.335. The van der Waals surface area contributed by atoms with Gasteiger partial charge in [-0.3, -0.25) is 4.79 Å². The molecule has 5 rings (SSSR count). The van der Waals surface area contributed by atoms with Gasteiger partial charge in [0, 0.05) is 36.8 Å². The summed E-state index contributed by atoms with van der Waals surface area (Å²) in [6.45, 7) is 0. The summed E-state index contributed by atoms with van der Waals surface area (Å²) in [5.74, 6) is -2.05. The van der Waals surface area contributed by atoms with Crippen molar-refractivity contribution in [2.75, 3.05) is 19.0 Å². The Morgan fingerprint density at radius 1 is 0.769 bits per heavy atom. The summed E-state index contributed by atoms with van der Waals surface area (Å²) in [5.41, 5.74) is 2.61. The third-order valence-corrected chi connectivity index (χ3v) is 9.20. The molecule has 0 fully saturated rings. The highest BCUT2D eigenvalue weighted by atomic mass is 32.2. The second-order valence-electron chi connectivity index (χ2n) is 9.59. The van der Waals surface area contributed by atoms with Crippen LogP contribution < -0.4 is 10.0 Å². The number of hydrogen-bond acceptors (Lipinski definition) is 6. The Morgan fingerprint density at radius 3 is 1.90 bits per heavy atom. The first-order valence-electron chi connectivity index (χ1n) is 12.4. The number of nitriles is 1. The minimum absolute atomic E-state index is 0.0743. The SMILES string of the molecule is CN(C)c1ccc(C(C2=C([O-])c3ccccc3C2=O)C(c2ccc(C#N)cc2)S(=O)(=O)c2ccccc2)cc1. The van der Waals surface area contributed by atoms with E-state index in [1.807, 2.05) is 31.1 Å². The average molecular weight is 534 g/mol. The van der Waals surface area contributed by atoms with E-state index in [9.17, 15) is 23.6 Å². The van der Waals surface area contributed by atoms with Gasteiger partial charge >= 0.3 is 0 Å². The zero-order chi connectivity index (χ0) is 27.7. The van der Waals surface area contributed by atoms with Crippen molar-refractivity contribution in [2.45, 2.75) is 16.1 Å². The van der Waals surface area contributed by atoms with Crippen LogP contribution in [0.25, 0.3) is 5.76 Å². The second kappa shape index (κ2) is 10.2. The Kier molecular flexibility index (Phi) is 6.81. The molecule has 0 aromatic heterocycles. The van der Waals surface area contributed by atoms with Crippen molar-refractivity contribution in [1.82, 2.24) is 0 Å². The van der Waals surface area contributed by atoms with Crippen molar-refractivity contribution in [3.05, 3.63) is 137 Å². The van der Waals surface area contributed by atoms with Crippen molar-refractivity contribution in [3.63, 3.8) is 0 Å². The molecule has 2 unspecified atom stereocenters. The summed E-state index contributed by atoms with van der Waals surface area (Å²) >= 11 is 0. The lowest BCUT2D eigenvalue weighted by molar-refractivity contribution is -0.244. The van der Waals surface area contributed by atoms with Crippen LogP contribution in [0, 0.1) is 11.3 Å². The number of nitrogens with zero attached hydrogens (tertiary/aromatic N) is 2. The van der Waals surface area contributed by atoms with Gasteiger partial charge in [0.1, 0.15) is 5.25 Å². The smallest absolute Gasteiger partial charge is 0.189 e. The molecular formula is C32H25N2O4S-. The Labute approximate surface area is 228 Å². The van der Waals surface area contributed by atoms with E-state index in [1.165, 1.54) is 12.1 Å². The number of carbonyl (C=O) groups excluding carboxylic acids is 1. The number of rotatable bonds is 7. The minimum atomic E-state index is -4.14. The summed E-state index contributed by atoms with van der Waals surface area (Å²) < 4.78 is 28.8. The van der Waals surface area contributed by atoms with Crippen molar-refractivity contribution < 1.29 is 18.3 Å². The van der Waals surface area contributed by atoms with E-state index in [4.69, 9.17) is 0 Å². The van der Waals surface area contributed by atoms with Gasteiger partial charge in [0.15, 0.2) is 15.6 Å². The van der Waals surface area contributed by atoms with Crippen molar-refractivity contribution in [2.24, 2.45) is 0 Å². The van der Waals surface area contributed by atoms with E-state index in [1.54, 1.807) is 78.9 Å². The van der Waals surface area contributed by atoms with Crippen LogP contribution in [-0.4, -0.2) is 28.3 Å². The molecule has 0 bridgehead atoms. The van der Waals surface area contributed by atoms with E-state index < -0.39 is 32.5 Å². The molecule has 0 spiro atoms. The van der Waals surface area contributed by atoms with Crippen LogP contribution in [0.3, 0.4) is 0 Å². The summed E-state index contributed by atoms with van der Waals surface area (Å²) in [6.07, 6.45) is 0. The topological polar surface area (TPSA) is 101 Å². The zero-order valence-electron chi connectivity index (χ0n) is 21.4. The second-order valence-corrected chi connectivity index (χ2v) is 11.7. The summed E-state index contributed by atoms with van der Waals surface area (Å²) in [4.78, 5) is 15.8. The van der Waals surface area contributed by atoms with Gasteiger partial charge in [-0.05, 0) is 53.1 Å². The number of allylic oxidation sites excluding steroid dienone is 1. The van der Waals surface area contributed by atoms with Crippen molar-refractivity contribution in [3.8, 4) is 6.07 Å². The molecule has 0 radical (unpaired) electrons. The fourth-order valence-corrected chi connectivity index (χ4v) is 7.08. The number of anilines is 1. The highest BCUT2D eigenvalue weighted by Gasteiger charge is 2.43. The predicted molar refractivity (Wildman–Crippen MR) is 149 cm³/mol. The molecule has 1 aliphatic carbocycles. The minimum Gasteiger partial charge on any atom is -0.872 e. The van der Waals surface area contributed by atoms with Gasteiger partial charge in [-0.25, -0.2) is 8.42 Å². The van der Waals surface area contributed by atoms with Gasteiger partial charge in [-0.15, -0.1) is 0 Å². The fraction of sp³-hybridized carbons (Fsp3) is 0.125. The van der Waals surface area contributed by atoms with Crippen LogP contribution in [0.5, 0.6) is 0 Å². The summed E-state index contributed by atoms with van der Waals surface area (Å²) in [5, 5.41) is 21.8. The molecular weight excluding hydrogens is 508 g/mol. The maximum atomic E-state index is 14.4. The molecule has 0 aliphatic heterocycles. The average Bonchev–Trinajstić information content (AvgIpc) is 3.21. The number of benzene rings is 4. The Morgan fingerprint density at radius 2 is 1.33 bits per heavy atom. The van der Waals surface area contributed by atoms with Crippen LogP contribution >= 0.6 is 0 Å². The monoisotopic (exact) mass is 533 g/mol. The van der Waals surface area contributed by atoms with Crippen LogP contribution in [0.15, 0.2) is 114 Å². The molecule has 0 saturated carbocycles. The maximum Gasteiger partial charge on any atom is 0.189 e. The van der Waals surface area contributed by atoms with Gasteiger partial charge in [0.2, 0.25) is 0 Å². The van der Waals surface area contributed by atoms with E-state index in [-0.39, 0.29) is 21.6 Å². The molecule has 4 aromatic carbocycles. The van der Waals surface area contributed by atoms with E-state index >= 15 is 0 Å². The molecule has 0 amide bonds. The largest absolute Gasteiger partial charge is 0.872 e. The molecule has 7 heteroatoms. The molecule has 39 heavy (non-hydrogen) atoms. The van der Waals surface area contributed by atoms with E-state index in [0.29, 0.717) is 16.7 Å². The summed E-state index contributed by atoms with van der Waals surface area (Å²) in [6, 6.07) is 30.1. The van der Waals surface area contributed by atoms with Crippen molar-refractivity contribution >= 4 is 27.1 Å². The van der Waals surface area contributed by atoms with Gasteiger partial charge in [-0.2, -0.15) is 5.26 Å². The third-order valence-electron chi connectivity index (χ3n) is 7.06. The number of carbonyl (C=O) groups is 1. The number of sulfone groups is 1. The first-order chi connectivity index (χ1) is 18.7. The highest BCUT2D eigenvalue weighted by molar-refractivity contribution is 7.91. The van der Waals surface area contributed by atoms with Crippen LogP contribution in [-0.2, 0) is 9.84 Å². The molecule has 194 valence electrons. The molecule has 1 aliphatic rings. The first kappa shape index (κ1) is 26.0. The molecule has 2 atom stereocenters. The summed E-state index contributed by atoms with van der Waals surface area (Å²) in [7, 11) is -0.357. The van der Waals surface area contributed by atoms with Crippen LogP contribution in [0.1, 0.15) is 43.8 Å². The molecule has 0 heterocycles. The van der Waals surface area contributed by atoms with Gasteiger partial charge in [0.25, 0.3) is 0 Å². The molecule has 6 nitrogen and oxygen atoms in total. The van der Waals surface area contributed by atoms with Crippen LogP contribution in [0.4, 0.5) is 5.69 Å². The number of fused-ring (bicyclic) bond motifs is 1. The Balaban J connectivity index is 1.81. The van der Waals surface area contributed by atoms with E-state index in [2.05, 4.69) is 6.07 Å². The highest BCUT2D eigenvalue weighted by Crippen LogP contribution is 2.49. The Bertz CT molecular complexity index is 1720. The first-order valence-corrected chi connectivity index (χ1v) is 13.9. The van der Waals surface area contributed by atoms with E-state index in [0.717, 1.165) is 5.69 Å². The zero-order valence-corrected chi connectivity index (χ0v) is 22.2. The number of hydrogen-bond donors (Lipinski definition) is 0. The van der Waals surface area contributed by atoms with Crippen LogP contribution in [0.2, 0.25) is 0 Å². The Hall–Kier alpha value is -4.67. The van der Waals surface area contributed by atoms with Gasteiger partial charge in [0.05, 0.1) is 16.5 Å². The normalized spacial score (nSPS) is 14.4. The van der Waals surface area contributed by atoms with Gasteiger partial charge < -0.3 is 10.0 Å². The molecule has 0 saturated heterocycles. The number of ketones is 1. The van der Waals surface area contributed by atoms with Gasteiger partial charge in [-0.1, -0.05) is 72.5 Å². The fourth-order valence-electron chi connectivity index (χ4n) is 5.08. The molecule has 4 aromatic rings. The van der Waals surface area contributed by atoms with Crippen molar-refractivity contribution in [1.29, 1.82) is 5.26 Å². The lowest BCUT2D eigenvalue weighted by Gasteiger charge is -2.31. The third kappa shape index (κ3) is 4.60. The molecule has 0 N–H and O–H groups in total. The lowest BCUT2D eigenvalue weighted by Crippen LogP contribution is -2.26. The number of Topliss-reactive ketones (excluding diaryl/α,β-unsaturated/α-hetero) is 1. The lowest BCUT2D eigenvalue weighted by atomic mass is 9.83.